The summed E-state index contributed by atoms with van der Waals surface area (Å²) in [7, 11) is 0. The molecule has 0 radical (unpaired) electrons. The van der Waals surface area contributed by atoms with Gasteiger partial charge < -0.3 is 0 Å². The van der Waals surface area contributed by atoms with Gasteiger partial charge in [-0.05, 0) is 46.9 Å². The molecule has 2 rings (SSSR count). The van der Waals surface area contributed by atoms with E-state index in [-0.39, 0.29) is 17.8 Å². The second kappa shape index (κ2) is 5.56. The van der Waals surface area contributed by atoms with Gasteiger partial charge in [0.15, 0.2) is 5.78 Å². The molecule has 0 saturated carbocycles. The van der Waals surface area contributed by atoms with E-state index in [1.54, 1.807) is 18.2 Å². The smallest absolute Gasteiger partial charge is 0.167 e. The molecule has 0 aliphatic rings. The highest BCUT2D eigenvalue weighted by Gasteiger charge is 2.14. The lowest BCUT2D eigenvalue weighted by molar-refractivity contribution is 0.0990. The van der Waals surface area contributed by atoms with E-state index in [4.69, 9.17) is 0 Å². The second-order valence-electron chi connectivity index (χ2n) is 3.81. The Bertz CT molecular complexity index is 576. The Morgan fingerprint density at radius 1 is 1.06 bits per heavy atom. The average molecular weight is 358 g/mol. The first-order valence-electron chi connectivity index (χ1n) is 5.29. The summed E-state index contributed by atoms with van der Waals surface area (Å²) in [4.78, 5) is 11.9. The molecule has 1 nitrogen and oxygen atoms in total. The molecule has 0 heterocycles. The highest BCUT2D eigenvalue weighted by Crippen LogP contribution is 2.16. The number of rotatable bonds is 3. The van der Waals surface area contributed by atoms with Crippen molar-refractivity contribution < 1.29 is 13.6 Å². The molecule has 0 atom stereocenters. The summed E-state index contributed by atoms with van der Waals surface area (Å²) in [5.41, 5.74) is 0.283. The molecule has 2 aromatic rings. The fraction of sp³-hybridized carbons (Fsp3) is 0.0714. The molecule has 0 spiro atoms. The molecular weight excluding hydrogens is 349 g/mol. The molecule has 0 aromatic heterocycles. The molecule has 92 valence electrons. The number of halogens is 3. The molecule has 0 bridgehead atoms. The van der Waals surface area contributed by atoms with Gasteiger partial charge in [-0.3, -0.25) is 4.79 Å². The third-order valence-electron chi connectivity index (χ3n) is 2.55. The van der Waals surface area contributed by atoms with Crippen molar-refractivity contribution in [2.75, 3.05) is 0 Å². The number of ketones is 1. The van der Waals surface area contributed by atoms with Crippen LogP contribution < -0.4 is 0 Å². The molecule has 0 amide bonds. The predicted octanol–water partition coefficient (Wildman–Crippen LogP) is 3.99. The number of hydrogen-bond acceptors (Lipinski definition) is 1. The Balaban J connectivity index is 2.27. The van der Waals surface area contributed by atoms with Crippen LogP contribution in [-0.2, 0) is 6.42 Å². The van der Waals surface area contributed by atoms with E-state index in [2.05, 4.69) is 22.6 Å². The first-order valence-corrected chi connectivity index (χ1v) is 6.37. The minimum atomic E-state index is -0.686. The lowest BCUT2D eigenvalue weighted by atomic mass is 10.0. The number of Topliss-reactive ketones (excluding diaryl/α,β-unsaturated/α-hetero) is 1. The van der Waals surface area contributed by atoms with Crippen LogP contribution in [0.3, 0.4) is 0 Å². The van der Waals surface area contributed by atoms with Gasteiger partial charge in [0.25, 0.3) is 0 Å². The second-order valence-corrected chi connectivity index (χ2v) is 5.06. The van der Waals surface area contributed by atoms with Gasteiger partial charge in [-0.15, -0.1) is 0 Å². The molecule has 0 unspecified atom stereocenters. The van der Waals surface area contributed by atoms with Gasteiger partial charge in [-0.25, -0.2) is 8.78 Å². The summed E-state index contributed by atoms with van der Waals surface area (Å²) in [6.07, 6.45) is -0.265. The van der Waals surface area contributed by atoms with Gasteiger partial charge in [0, 0.05) is 21.1 Å². The van der Waals surface area contributed by atoms with E-state index in [0.717, 1.165) is 15.7 Å². The van der Waals surface area contributed by atoms with E-state index in [0.29, 0.717) is 5.56 Å². The molecule has 0 fully saturated rings. The average Bonchev–Trinajstić information content (AvgIpc) is 2.34. The summed E-state index contributed by atoms with van der Waals surface area (Å²) in [6, 6.07) is 10.5. The third-order valence-corrected chi connectivity index (χ3v) is 3.22. The SMILES string of the molecule is O=C(Cc1c(F)cccc1F)c1cccc(I)c1. The number of carbonyl (C=O) groups is 1. The topological polar surface area (TPSA) is 17.1 Å². The maximum Gasteiger partial charge on any atom is 0.167 e. The van der Waals surface area contributed by atoms with Gasteiger partial charge in [0.2, 0.25) is 0 Å². The Kier molecular flexibility index (Phi) is 4.06. The van der Waals surface area contributed by atoms with Gasteiger partial charge >= 0.3 is 0 Å². The number of carbonyl (C=O) groups excluding carboxylic acids is 1. The minimum Gasteiger partial charge on any atom is -0.294 e. The first kappa shape index (κ1) is 13.1. The Hall–Kier alpha value is -1.30. The summed E-state index contributed by atoms with van der Waals surface area (Å²) in [6.45, 7) is 0. The maximum absolute atomic E-state index is 13.4. The van der Waals surface area contributed by atoms with Crippen LogP contribution in [0.1, 0.15) is 15.9 Å². The fourth-order valence-corrected chi connectivity index (χ4v) is 2.17. The van der Waals surface area contributed by atoms with E-state index in [1.165, 1.54) is 6.07 Å². The monoisotopic (exact) mass is 358 g/mol. The number of benzene rings is 2. The van der Waals surface area contributed by atoms with Crippen molar-refractivity contribution in [2.45, 2.75) is 6.42 Å². The molecule has 0 N–H and O–H groups in total. The largest absolute Gasteiger partial charge is 0.294 e. The van der Waals surface area contributed by atoms with Crippen molar-refractivity contribution in [3.05, 3.63) is 68.8 Å². The van der Waals surface area contributed by atoms with E-state index in [1.807, 2.05) is 6.07 Å². The van der Waals surface area contributed by atoms with Crippen molar-refractivity contribution in [3.8, 4) is 0 Å². The van der Waals surface area contributed by atoms with Crippen LogP contribution in [0, 0.1) is 15.2 Å². The van der Waals surface area contributed by atoms with Crippen LogP contribution in [0.4, 0.5) is 8.78 Å². The van der Waals surface area contributed by atoms with E-state index < -0.39 is 11.6 Å². The van der Waals surface area contributed by atoms with Crippen LogP contribution in [0.5, 0.6) is 0 Å². The van der Waals surface area contributed by atoms with Gasteiger partial charge in [-0.2, -0.15) is 0 Å². The van der Waals surface area contributed by atoms with Crippen molar-refractivity contribution in [1.82, 2.24) is 0 Å². The quantitative estimate of drug-likeness (QED) is 0.599. The summed E-state index contributed by atoms with van der Waals surface area (Å²) in [5, 5.41) is 0. The van der Waals surface area contributed by atoms with Gasteiger partial charge in [0.05, 0.1) is 0 Å². The van der Waals surface area contributed by atoms with Crippen LogP contribution in [-0.4, -0.2) is 5.78 Å². The molecular formula is C14H9F2IO. The minimum absolute atomic E-state index is 0.179. The van der Waals surface area contributed by atoms with Gasteiger partial charge in [-0.1, -0.05) is 18.2 Å². The Morgan fingerprint density at radius 3 is 2.28 bits per heavy atom. The lowest BCUT2D eigenvalue weighted by Crippen LogP contribution is -2.07. The summed E-state index contributed by atoms with van der Waals surface area (Å²) >= 11 is 2.08. The van der Waals surface area contributed by atoms with Crippen molar-refractivity contribution in [1.29, 1.82) is 0 Å². The maximum atomic E-state index is 13.4. The Labute approximate surface area is 117 Å². The zero-order chi connectivity index (χ0) is 13.1. The van der Waals surface area contributed by atoms with Crippen LogP contribution in [0.15, 0.2) is 42.5 Å². The molecule has 0 saturated heterocycles. The molecule has 0 aliphatic carbocycles. The predicted molar refractivity (Wildman–Crippen MR) is 73.6 cm³/mol. The Morgan fingerprint density at radius 2 is 1.67 bits per heavy atom. The highest BCUT2D eigenvalue weighted by atomic mass is 127. The summed E-state index contributed by atoms with van der Waals surface area (Å²) in [5.74, 6) is -1.67. The standard InChI is InChI=1S/C14H9F2IO/c15-12-5-2-6-13(16)11(12)8-14(18)9-3-1-4-10(17)7-9/h1-7H,8H2. The van der Waals surface area contributed by atoms with Gasteiger partial charge in [0.1, 0.15) is 11.6 Å². The zero-order valence-electron chi connectivity index (χ0n) is 9.29. The zero-order valence-corrected chi connectivity index (χ0v) is 11.4. The van der Waals surface area contributed by atoms with Crippen LogP contribution in [0.2, 0.25) is 0 Å². The van der Waals surface area contributed by atoms with Crippen LogP contribution >= 0.6 is 22.6 Å². The number of hydrogen-bond donors (Lipinski definition) is 0. The van der Waals surface area contributed by atoms with Crippen LogP contribution in [0.25, 0.3) is 0 Å². The molecule has 18 heavy (non-hydrogen) atoms. The highest BCUT2D eigenvalue weighted by molar-refractivity contribution is 14.1. The summed E-state index contributed by atoms with van der Waals surface area (Å²) < 4.78 is 27.7. The van der Waals surface area contributed by atoms with Crippen molar-refractivity contribution >= 4 is 28.4 Å². The molecule has 2 aromatic carbocycles. The van der Waals surface area contributed by atoms with Crippen molar-refractivity contribution in [2.24, 2.45) is 0 Å². The van der Waals surface area contributed by atoms with E-state index in [9.17, 15) is 13.6 Å². The lowest BCUT2D eigenvalue weighted by Gasteiger charge is -2.04. The first-order chi connectivity index (χ1) is 8.58. The third kappa shape index (κ3) is 2.93. The van der Waals surface area contributed by atoms with E-state index >= 15 is 0 Å². The fourth-order valence-electron chi connectivity index (χ4n) is 1.63. The normalized spacial score (nSPS) is 10.4. The van der Waals surface area contributed by atoms with Crippen molar-refractivity contribution in [3.63, 3.8) is 0 Å². The molecule has 4 heteroatoms. The molecule has 0 aliphatic heterocycles.